The Balaban J connectivity index is 1.52. The number of fused-ring (bicyclic) bond motifs is 1. The fourth-order valence-corrected chi connectivity index (χ4v) is 2.17. The Kier molecular flexibility index (Phi) is 4.27. The summed E-state index contributed by atoms with van der Waals surface area (Å²) in [5.74, 6) is 0.250. The minimum atomic E-state index is -0.315. The van der Waals surface area contributed by atoms with Crippen molar-refractivity contribution in [2.45, 2.75) is 26.3 Å². The monoisotopic (exact) mass is 313 g/mol. The molecular formula is C16H16FN5O. The van der Waals surface area contributed by atoms with Crippen molar-refractivity contribution in [3.63, 3.8) is 0 Å². The molecule has 2 N–H and O–H groups in total. The van der Waals surface area contributed by atoms with E-state index >= 15 is 0 Å². The third kappa shape index (κ3) is 3.88. The Morgan fingerprint density at radius 1 is 1.30 bits per heavy atom. The van der Waals surface area contributed by atoms with Crippen LogP contribution in [0.5, 0.6) is 0 Å². The number of carbonyl (C=O) groups excluding carboxylic acids is 1. The van der Waals surface area contributed by atoms with Gasteiger partial charge in [0.05, 0.1) is 35.2 Å². The van der Waals surface area contributed by atoms with Gasteiger partial charge in [-0.2, -0.15) is 0 Å². The average molecular weight is 313 g/mol. The van der Waals surface area contributed by atoms with Gasteiger partial charge in [-0.15, -0.1) is 0 Å². The number of imidazole rings is 1. The summed E-state index contributed by atoms with van der Waals surface area (Å²) in [6.45, 7) is 2.20. The fourth-order valence-electron chi connectivity index (χ4n) is 2.17. The molecule has 118 valence electrons. The molecule has 0 aliphatic carbocycles. The van der Waals surface area contributed by atoms with Gasteiger partial charge in [-0.05, 0) is 25.1 Å². The van der Waals surface area contributed by atoms with Crippen LogP contribution >= 0.6 is 0 Å². The van der Waals surface area contributed by atoms with Crippen molar-refractivity contribution >= 4 is 16.9 Å². The summed E-state index contributed by atoms with van der Waals surface area (Å²) >= 11 is 0. The van der Waals surface area contributed by atoms with E-state index in [9.17, 15) is 9.18 Å². The van der Waals surface area contributed by atoms with Crippen molar-refractivity contribution in [3.05, 3.63) is 53.6 Å². The lowest BCUT2D eigenvalue weighted by atomic mass is 10.3. The molecule has 0 atom stereocenters. The fraction of sp³-hybridized carbons (Fsp3) is 0.250. The van der Waals surface area contributed by atoms with Crippen LogP contribution in [0.15, 0.2) is 30.6 Å². The molecule has 3 aromatic rings. The lowest BCUT2D eigenvalue weighted by Crippen LogP contribution is -2.23. The molecule has 6 nitrogen and oxygen atoms in total. The van der Waals surface area contributed by atoms with Crippen molar-refractivity contribution < 1.29 is 9.18 Å². The van der Waals surface area contributed by atoms with Gasteiger partial charge in [0.1, 0.15) is 11.6 Å². The number of aromatic amines is 1. The van der Waals surface area contributed by atoms with Crippen LogP contribution in [0.4, 0.5) is 4.39 Å². The number of hydrogen-bond acceptors (Lipinski definition) is 4. The third-order valence-electron chi connectivity index (χ3n) is 3.38. The molecule has 2 heterocycles. The highest BCUT2D eigenvalue weighted by Crippen LogP contribution is 2.13. The van der Waals surface area contributed by atoms with Gasteiger partial charge in [0.25, 0.3) is 0 Å². The Labute approximate surface area is 132 Å². The summed E-state index contributed by atoms with van der Waals surface area (Å²) in [5.41, 5.74) is 2.87. The second-order valence-corrected chi connectivity index (χ2v) is 5.27. The SMILES string of the molecule is Cc1cnc(CNC(=O)CCc2nc3ccc(F)cc3[nH]2)cn1. The first kappa shape index (κ1) is 15.1. The highest BCUT2D eigenvalue weighted by molar-refractivity contribution is 5.77. The molecule has 0 saturated carbocycles. The molecule has 0 unspecified atom stereocenters. The lowest BCUT2D eigenvalue weighted by Gasteiger charge is -2.04. The van der Waals surface area contributed by atoms with E-state index in [2.05, 4.69) is 25.3 Å². The number of aryl methyl sites for hydroxylation is 2. The van der Waals surface area contributed by atoms with Gasteiger partial charge in [0, 0.05) is 19.0 Å². The van der Waals surface area contributed by atoms with E-state index in [1.165, 1.54) is 12.1 Å². The molecular weight excluding hydrogens is 297 g/mol. The number of rotatable bonds is 5. The predicted molar refractivity (Wildman–Crippen MR) is 83.0 cm³/mol. The van der Waals surface area contributed by atoms with E-state index in [1.54, 1.807) is 18.5 Å². The second-order valence-electron chi connectivity index (χ2n) is 5.27. The Morgan fingerprint density at radius 2 is 2.17 bits per heavy atom. The van der Waals surface area contributed by atoms with E-state index in [-0.39, 0.29) is 11.7 Å². The molecule has 0 saturated heterocycles. The van der Waals surface area contributed by atoms with Crippen molar-refractivity contribution in [1.82, 2.24) is 25.3 Å². The number of H-pyrrole nitrogens is 1. The number of amides is 1. The molecule has 0 bridgehead atoms. The molecule has 1 amide bonds. The van der Waals surface area contributed by atoms with Crippen molar-refractivity contribution in [2.75, 3.05) is 0 Å². The van der Waals surface area contributed by atoms with Gasteiger partial charge < -0.3 is 10.3 Å². The zero-order valence-corrected chi connectivity index (χ0v) is 12.6. The summed E-state index contributed by atoms with van der Waals surface area (Å²) in [5, 5.41) is 2.79. The van der Waals surface area contributed by atoms with Crippen LogP contribution in [0.1, 0.15) is 23.6 Å². The Bertz CT molecular complexity index is 828. The lowest BCUT2D eigenvalue weighted by molar-refractivity contribution is -0.121. The molecule has 23 heavy (non-hydrogen) atoms. The van der Waals surface area contributed by atoms with Crippen molar-refractivity contribution in [1.29, 1.82) is 0 Å². The minimum absolute atomic E-state index is 0.0981. The van der Waals surface area contributed by atoms with Crippen LogP contribution in [0.2, 0.25) is 0 Å². The van der Waals surface area contributed by atoms with E-state index < -0.39 is 0 Å². The number of aromatic nitrogens is 4. The maximum atomic E-state index is 13.1. The van der Waals surface area contributed by atoms with Crippen LogP contribution in [0.25, 0.3) is 11.0 Å². The predicted octanol–water partition coefficient (Wildman–Crippen LogP) is 2.05. The molecule has 7 heteroatoms. The summed E-state index contributed by atoms with van der Waals surface area (Å²) in [6.07, 6.45) is 4.06. The molecule has 0 radical (unpaired) electrons. The highest BCUT2D eigenvalue weighted by atomic mass is 19.1. The van der Waals surface area contributed by atoms with Crippen LogP contribution in [0.3, 0.4) is 0 Å². The van der Waals surface area contributed by atoms with Gasteiger partial charge in [0.15, 0.2) is 0 Å². The number of nitrogens with zero attached hydrogens (tertiary/aromatic N) is 3. The van der Waals surface area contributed by atoms with Crippen molar-refractivity contribution in [3.8, 4) is 0 Å². The standard InChI is InChI=1S/C16H16FN5O/c1-10-7-19-12(8-18-10)9-20-16(23)5-4-15-21-13-3-2-11(17)6-14(13)22-15/h2-3,6-8H,4-5,9H2,1H3,(H,20,23)(H,21,22). The zero-order chi connectivity index (χ0) is 16.2. The largest absolute Gasteiger partial charge is 0.350 e. The van der Waals surface area contributed by atoms with Gasteiger partial charge in [0.2, 0.25) is 5.91 Å². The van der Waals surface area contributed by atoms with E-state index in [0.29, 0.717) is 41.9 Å². The van der Waals surface area contributed by atoms with E-state index in [4.69, 9.17) is 0 Å². The van der Waals surface area contributed by atoms with Crippen LogP contribution in [-0.2, 0) is 17.8 Å². The molecule has 0 aliphatic rings. The number of nitrogens with one attached hydrogen (secondary N) is 2. The van der Waals surface area contributed by atoms with Crippen LogP contribution < -0.4 is 5.32 Å². The third-order valence-corrected chi connectivity index (χ3v) is 3.38. The van der Waals surface area contributed by atoms with Gasteiger partial charge in [-0.25, -0.2) is 9.37 Å². The highest BCUT2D eigenvalue weighted by Gasteiger charge is 2.07. The Morgan fingerprint density at radius 3 is 2.96 bits per heavy atom. The quantitative estimate of drug-likeness (QED) is 0.755. The molecule has 2 aromatic heterocycles. The first-order valence-electron chi connectivity index (χ1n) is 7.28. The first-order chi connectivity index (χ1) is 11.1. The maximum absolute atomic E-state index is 13.1. The molecule has 3 rings (SSSR count). The number of halogens is 1. The van der Waals surface area contributed by atoms with Crippen LogP contribution in [0, 0.1) is 12.7 Å². The molecule has 0 spiro atoms. The molecule has 0 aliphatic heterocycles. The summed E-state index contributed by atoms with van der Waals surface area (Å²) in [6, 6.07) is 4.37. The average Bonchev–Trinajstić information content (AvgIpc) is 2.94. The smallest absolute Gasteiger partial charge is 0.220 e. The summed E-state index contributed by atoms with van der Waals surface area (Å²) < 4.78 is 13.1. The van der Waals surface area contributed by atoms with E-state index in [0.717, 1.165) is 5.69 Å². The van der Waals surface area contributed by atoms with Gasteiger partial charge in [-0.1, -0.05) is 0 Å². The Hall–Kier alpha value is -2.83. The first-order valence-corrected chi connectivity index (χ1v) is 7.28. The summed E-state index contributed by atoms with van der Waals surface area (Å²) in [4.78, 5) is 27.5. The van der Waals surface area contributed by atoms with Gasteiger partial charge in [-0.3, -0.25) is 14.8 Å². The van der Waals surface area contributed by atoms with Crippen molar-refractivity contribution in [2.24, 2.45) is 0 Å². The maximum Gasteiger partial charge on any atom is 0.220 e. The second kappa shape index (κ2) is 6.51. The van der Waals surface area contributed by atoms with Gasteiger partial charge >= 0.3 is 0 Å². The molecule has 0 fully saturated rings. The molecule has 1 aromatic carbocycles. The topological polar surface area (TPSA) is 83.6 Å². The summed E-state index contributed by atoms with van der Waals surface area (Å²) in [7, 11) is 0. The normalized spacial score (nSPS) is 10.9. The number of hydrogen-bond donors (Lipinski definition) is 2. The zero-order valence-electron chi connectivity index (χ0n) is 12.6. The minimum Gasteiger partial charge on any atom is -0.350 e. The number of carbonyl (C=O) groups is 1. The van der Waals surface area contributed by atoms with Crippen LogP contribution in [-0.4, -0.2) is 25.8 Å². The number of benzene rings is 1. The van der Waals surface area contributed by atoms with E-state index in [1.807, 2.05) is 6.92 Å².